The molecular weight excluding hydrogens is 80.9 g/mol. The first kappa shape index (κ1) is 5.08. The van der Waals surface area contributed by atoms with E-state index in [2.05, 4.69) is 0 Å². The van der Waals surface area contributed by atoms with Crippen molar-refractivity contribution in [1.29, 1.82) is 4.78 Å². The van der Waals surface area contributed by atoms with Gasteiger partial charge in [0.2, 0.25) is 0 Å². The van der Waals surface area contributed by atoms with Crippen LogP contribution in [0.3, 0.4) is 0 Å². The van der Waals surface area contributed by atoms with Gasteiger partial charge in [-0.1, -0.05) is 0 Å². The van der Waals surface area contributed by atoms with Crippen LogP contribution >= 0.6 is 0 Å². The van der Waals surface area contributed by atoms with E-state index in [0.717, 1.165) is 5.75 Å². The summed E-state index contributed by atoms with van der Waals surface area (Å²) < 4.78 is 6.63. The van der Waals surface area contributed by atoms with Crippen LogP contribution in [-0.4, -0.2) is 12.3 Å². The molecule has 3 heteroatoms. The SMILES string of the molecule is B#S(=N)CC. The van der Waals surface area contributed by atoms with Crippen LogP contribution in [0.4, 0.5) is 0 Å². The Morgan fingerprint density at radius 1 is 2.00 bits per heavy atom. The van der Waals surface area contributed by atoms with Crippen LogP contribution in [0, 0.1) is 4.78 Å². The Hall–Kier alpha value is 0.0849. The summed E-state index contributed by atoms with van der Waals surface area (Å²) in [7, 11) is -0.573. The van der Waals surface area contributed by atoms with Gasteiger partial charge >= 0.3 is 33.9 Å². The van der Waals surface area contributed by atoms with E-state index in [-0.39, 0.29) is 0 Å². The Labute approximate surface area is 34.8 Å². The first-order valence-electron chi connectivity index (χ1n) is 1.44. The quantitative estimate of drug-likeness (QED) is 0.415. The van der Waals surface area contributed by atoms with E-state index in [9.17, 15) is 0 Å². The Kier molecular flexibility index (Phi) is 2.37. The van der Waals surface area contributed by atoms with Crippen molar-refractivity contribution in [2.24, 2.45) is 0 Å². The van der Waals surface area contributed by atoms with Gasteiger partial charge in [0.15, 0.2) is 0 Å². The van der Waals surface area contributed by atoms with Crippen LogP contribution < -0.4 is 0 Å². The van der Waals surface area contributed by atoms with E-state index in [1.807, 2.05) is 6.92 Å². The third kappa shape index (κ3) is 4.08. The van der Waals surface area contributed by atoms with Gasteiger partial charge in [0.25, 0.3) is 0 Å². The third-order valence-electron chi connectivity index (χ3n) is 0.311. The van der Waals surface area contributed by atoms with E-state index >= 15 is 0 Å². The van der Waals surface area contributed by atoms with Crippen molar-refractivity contribution in [3.63, 3.8) is 0 Å². The third-order valence-corrected chi connectivity index (χ3v) is 0.933. The van der Waals surface area contributed by atoms with Crippen molar-refractivity contribution in [1.82, 2.24) is 0 Å². The molecule has 5 heavy (non-hydrogen) atoms. The Balaban J connectivity index is 3.39. The molecule has 0 unspecified atom stereocenters. The second kappa shape index (κ2) is 2.33. The molecule has 1 N–H and O–H groups in total. The predicted octanol–water partition coefficient (Wildman–Crippen LogP) is 0.470. The van der Waals surface area contributed by atoms with Crippen LogP contribution in [0.15, 0.2) is 0 Å². The maximum absolute atomic E-state index is 6.63. The topological polar surface area (TPSA) is 23.9 Å². The first-order valence-corrected chi connectivity index (χ1v) is 2.89. The molecule has 0 aromatic heterocycles. The number of hydrogen-bond donors (Lipinski definition) is 1. The van der Waals surface area contributed by atoms with Crippen LogP contribution in [0.25, 0.3) is 0 Å². The van der Waals surface area contributed by atoms with Crippen LogP contribution in [0.5, 0.6) is 0 Å². The van der Waals surface area contributed by atoms with Gasteiger partial charge < -0.3 is 0 Å². The fourth-order valence-corrected chi connectivity index (χ4v) is 0. The van der Waals surface area contributed by atoms with Crippen molar-refractivity contribution < 1.29 is 0 Å². The first-order chi connectivity index (χ1) is 2.27. The standard InChI is InChI=1S/C2H6BNS/c1-2-5(3)4/h4H,2H2,1H3. The van der Waals surface area contributed by atoms with Crippen LogP contribution in [0.2, 0.25) is 0 Å². The van der Waals surface area contributed by atoms with Crippen molar-refractivity contribution in [3.05, 3.63) is 0 Å². The molecule has 0 heterocycles. The minimum atomic E-state index is -0.573. The zero-order chi connectivity index (χ0) is 4.28. The Morgan fingerprint density at radius 2 is 2.20 bits per heavy atom. The van der Waals surface area contributed by atoms with E-state index in [0.29, 0.717) is 0 Å². The fourth-order valence-electron chi connectivity index (χ4n) is 0. The molecule has 0 aliphatic carbocycles. The average molecular weight is 87.0 g/mol. The molecule has 1 nitrogen and oxygen atoms in total. The Morgan fingerprint density at radius 3 is 2.20 bits per heavy atom. The second-order valence-electron chi connectivity index (χ2n) is 0.718. The van der Waals surface area contributed by atoms with Crippen molar-refractivity contribution in [3.8, 4) is 0 Å². The van der Waals surface area contributed by atoms with Gasteiger partial charge in [-0.05, 0) is 0 Å². The number of hydrogen-bond acceptors (Lipinski definition) is 1. The van der Waals surface area contributed by atoms with Crippen molar-refractivity contribution in [2.75, 3.05) is 5.75 Å². The summed E-state index contributed by atoms with van der Waals surface area (Å²) in [5.74, 6) is 0.778. The zero-order valence-electron chi connectivity index (χ0n) is 3.19. The number of rotatable bonds is 0. The van der Waals surface area contributed by atoms with Gasteiger partial charge in [0.1, 0.15) is 0 Å². The van der Waals surface area contributed by atoms with Gasteiger partial charge in [0.05, 0.1) is 0 Å². The van der Waals surface area contributed by atoms with E-state index in [4.69, 9.17) is 11.3 Å². The molecule has 0 saturated carbocycles. The van der Waals surface area contributed by atoms with E-state index < -0.39 is 9.93 Å². The molecule has 0 aliphatic heterocycles. The molecule has 0 atom stereocenters. The summed E-state index contributed by atoms with van der Waals surface area (Å²) in [5, 5.41) is 0. The predicted molar refractivity (Wildman–Crippen MR) is 26.4 cm³/mol. The normalized spacial score (nSPS) is 7.80. The zero-order valence-corrected chi connectivity index (χ0v) is 4.01. The molecule has 0 amide bonds. The minimum absolute atomic E-state index is 0.573. The van der Waals surface area contributed by atoms with Crippen molar-refractivity contribution >= 4 is 16.5 Å². The van der Waals surface area contributed by atoms with Gasteiger partial charge in [0, 0.05) is 0 Å². The summed E-state index contributed by atoms with van der Waals surface area (Å²) in [6, 6.07) is 0. The molecule has 28 valence electrons. The Bertz CT molecular complexity index is 111. The second-order valence-corrected chi connectivity index (χ2v) is 2.15. The molecule has 0 radical (unpaired) electrons. The summed E-state index contributed by atoms with van der Waals surface area (Å²) >= 11 is 0. The van der Waals surface area contributed by atoms with Gasteiger partial charge in [-0.2, -0.15) is 0 Å². The molecule has 0 spiro atoms. The molecule has 0 aromatic carbocycles. The molecule has 0 fully saturated rings. The summed E-state index contributed by atoms with van der Waals surface area (Å²) in [4.78, 5) is 0. The summed E-state index contributed by atoms with van der Waals surface area (Å²) in [5.41, 5.74) is 0. The van der Waals surface area contributed by atoms with E-state index in [1.165, 1.54) is 0 Å². The average Bonchev–Trinajstić information content (AvgIpc) is 1.38. The molecular formula is C2H6BNS. The maximum atomic E-state index is 6.63. The van der Waals surface area contributed by atoms with Crippen LogP contribution in [0.1, 0.15) is 6.92 Å². The van der Waals surface area contributed by atoms with Gasteiger partial charge in [-0.3, -0.25) is 0 Å². The van der Waals surface area contributed by atoms with E-state index in [1.54, 1.807) is 0 Å². The molecule has 0 aliphatic rings. The molecule has 0 bridgehead atoms. The van der Waals surface area contributed by atoms with Gasteiger partial charge in [-0.15, -0.1) is 0 Å². The van der Waals surface area contributed by atoms with Crippen LogP contribution in [-0.2, 0) is 9.93 Å². The summed E-state index contributed by atoms with van der Waals surface area (Å²) in [6.45, 7) is 6.89. The monoisotopic (exact) mass is 87.0 g/mol. The van der Waals surface area contributed by atoms with Crippen molar-refractivity contribution in [2.45, 2.75) is 6.92 Å². The molecule has 0 rings (SSSR count). The molecule has 0 saturated heterocycles. The molecule has 0 aromatic rings. The number of nitrogens with one attached hydrogen (secondary N) is 1. The fraction of sp³-hybridized carbons (Fsp3) is 1.00. The summed E-state index contributed by atoms with van der Waals surface area (Å²) in [6.07, 6.45) is 0. The van der Waals surface area contributed by atoms with Gasteiger partial charge in [-0.25, -0.2) is 0 Å².